The molecule has 4 nitrogen and oxygen atoms in total. The van der Waals surface area contributed by atoms with Crippen molar-refractivity contribution in [2.45, 2.75) is 35.4 Å². The predicted molar refractivity (Wildman–Crippen MR) is 72.6 cm³/mol. The summed E-state index contributed by atoms with van der Waals surface area (Å²) in [7, 11) is -3.43. The van der Waals surface area contributed by atoms with Crippen molar-refractivity contribution in [2.24, 2.45) is 5.73 Å². The summed E-state index contributed by atoms with van der Waals surface area (Å²) in [6.07, 6.45) is 3.73. The van der Waals surface area contributed by atoms with Crippen LogP contribution >= 0.6 is 27.3 Å². The van der Waals surface area contributed by atoms with Crippen molar-refractivity contribution in [1.29, 1.82) is 0 Å². The van der Waals surface area contributed by atoms with E-state index < -0.39 is 15.6 Å². The fourth-order valence-electron chi connectivity index (χ4n) is 2.18. The van der Waals surface area contributed by atoms with Crippen molar-refractivity contribution >= 4 is 37.3 Å². The van der Waals surface area contributed by atoms with Crippen LogP contribution in [0.2, 0.25) is 0 Å². The zero-order chi connectivity index (χ0) is 12.5. The molecule has 1 aliphatic carbocycles. The third kappa shape index (κ3) is 2.90. The molecule has 1 fully saturated rings. The number of halogens is 1. The van der Waals surface area contributed by atoms with Crippen LogP contribution in [0.5, 0.6) is 0 Å². The van der Waals surface area contributed by atoms with Crippen molar-refractivity contribution in [2.75, 3.05) is 6.54 Å². The zero-order valence-electron chi connectivity index (χ0n) is 9.28. The second-order valence-electron chi connectivity index (χ2n) is 4.36. The lowest BCUT2D eigenvalue weighted by atomic mass is 10.0. The third-order valence-corrected chi connectivity index (χ3v) is 6.81. The summed E-state index contributed by atoms with van der Waals surface area (Å²) in [5.74, 6) is 0. The molecule has 0 unspecified atom stereocenters. The van der Waals surface area contributed by atoms with Crippen LogP contribution in [0.1, 0.15) is 25.7 Å². The van der Waals surface area contributed by atoms with Gasteiger partial charge in [0.15, 0.2) is 0 Å². The number of nitrogens with one attached hydrogen (secondary N) is 1. The summed E-state index contributed by atoms with van der Waals surface area (Å²) in [4.78, 5) is 0. The lowest BCUT2D eigenvalue weighted by Gasteiger charge is -2.27. The highest BCUT2D eigenvalue weighted by molar-refractivity contribution is 9.11. The van der Waals surface area contributed by atoms with Crippen LogP contribution in [0.4, 0.5) is 0 Å². The Morgan fingerprint density at radius 3 is 2.53 bits per heavy atom. The molecule has 0 aromatic carbocycles. The smallest absolute Gasteiger partial charge is 0.250 e. The Bertz CT molecular complexity index is 492. The van der Waals surface area contributed by atoms with E-state index in [1.54, 1.807) is 12.1 Å². The van der Waals surface area contributed by atoms with Crippen molar-refractivity contribution < 1.29 is 8.42 Å². The van der Waals surface area contributed by atoms with Crippen LogP contribution < -0.4 is 10.5 Å². The summed E-state index contributed by atoms with van der Waals surface area (Å²) in [5, 5.41) is 0. The average molecular weight is 339 g/mol. The molecule has 0 atom stereocenters. The van der Waals surface area contributed by atoms with Crippen molar-refractivity contribution in [3.63, 3.8) is 0 Å². The van der Waals surface area contributed by atoms with E-state index in [0.717, 1.165) is 29.5 Å². The Kier molecular flexibility index (Phi) is 3.94. The van der Waals surface area contributed by atoms with Crippen LogP contribution in [-0.4, -0.2) is 20.5 Å². The molecule has 0 saturated heterocycles. The highest BCUT2D eigenvalue weighted by Crippen LogP contribution is 2.32. The topological polar surface area (TPSA) is 72.2 Å². The van der Waals surface area contributed by atoms with Gasteiger partial charge in [-0.05, 0) is 40.9 Å². The molecule has 1 saturated carbocycles. The summed E-state index contributed by atoms with van der Waals surface area (Å²) in [6, 6.07) is 3.35. The Balaban J connectivity index is 2.22. The van der Waals surface area contributed by atoms with E-state index in [-0.39, 0.29) is 0 Å². The van der Waals surface area contributed by atoms with Crippen molar-refractivity contribution in [3.8, 4) is 0 Å². The van der Waals surface area contributed by atoms with Crippen LogP contribution in [0, 0.1) is 0 Å². The van der Waals surface area contributed by atoms with Gasteiger partial charge in [-0.3, -0.25) is 0 Å². The van der Waals surface area contributed by atoms with Gasteiger partial charge in [0.05, 0.1) is 3.79 Å². The van der Waals surface area contributed by atoms with Gasteiger partial charge in [0, 0.05) is 12.1 Å². The molecule has 1 aromatic rings. The lowest BCUT2D eigenvalue weighted by Crippen LogP contribution is -2.51. The molecule has 1 aromatic heterocycles. The fourth-order valence-corrected chi connectivity index (χ4v) is 5.66. The van der Waals surface area contributed by atoms with Gasteiger partial charge in [-0.15, -0.1) is 11.3 Å². The van der Waals surface area contributed by atoms with E-state index in [9.17, 15) is 8.42 Å². The SMILES string of the molecule is NCC1(NS(=O)(=O)c2ccc(Br)s2)CCCC1. The Hall–Kier alpha value is 0.0500. The number of thiophene rings is 1. The van der Waals surface area contributed by atoms with Crippen molar-refractivity contribution in [3.05, 3.63) is 15.9 Å². The quantitative estimate of drug-likeness (QED) is 0.882. The molecule has 17 heavy (non-hydrogen) atoms. The van der Waals surface area contributed by atoms with Gasteiger partial charge in [-0.25, -0.2) is 13.1 Å². The second-order valence-corrected chi connectivity index (χ2v) is 8.73. The molecular weight excluding hydrogens is 324 g/mol. The molecule has 2 rings (SSSR count). The average Bonchev–Trinajstić information content (AvgIpc) is 2.87. The van der Waals surface area contributed by atoms with E-state index in [4.69, 9.17) is 5.73 Å². The van der Waals surface area contributed by atoms with E-state index in [0.29, 0.717) is 10.8 Å². The second kappa shape index (κ2) is 4.97. The molecule has 0 radical (unpaired) electrons. The summed E-state index contributed by atoms with van der Waals surface area (Å²) in [6.45, 7) is 0.360. The highest BCUT2D eigenvalue weighted by Gasteiger charge is 2.37. The van der Waals surface area contributed by atoms with Gasteiger partial charge >= 0.3 is 0 Å². The molecule has 0 spiro atoms. The van der Waals surface area contributed by atoms with Crippen LogP contribution in [0.25, 0.3) is 0 Å². The maximum absolute atomic E-state index is 12.2. The number of sulfonamides is 1. The van der Waals surface area contributed by atoms with Crippen LogP contribution in [0.3, 0.4) is 0 Å². The normalized spacial score (nSPS) is 19.6. The van der Waals surface area contributed by atoms with E-state index in [1.807, 2.05) is 0 Å². The van der Waals surface area contributed by atoms with Crippen LogP contribution in [0.15, 0.2) is 20.1 Å². The van der Waals surface area contributed by atoms with E-state index in [2.05, 4.69) is 20.7 Å². The molecule has 96 valence electrons. The fraction of sp³-hybridized carbons (Fsp3) is 0.600. The van der Waals surface area contributed by atoms with E-state index in [1.165, 1.54) is 11.3 Å². The first kappa shape index (κ1) is 13.5. The van der Waals surface area contributed by atoms with Crippen molar-refractivity contribution in [1.82, 2.24) is 4.72 Å². The Morgan fingerprint density at radius 1 is 1.41 bits per heavy atom. The summed E-state index contributed by atoms with van der Waals surface area (Å²) >= 11 is 4.48. The maximum atomic E-state index is 12.2. The lowest BCUT2D eigenvalue weighted by molar-refractivity contribution is 0.400. The molecule has 7 heteroatoms. The number of rotatable bonds is 4. The van der Waals surface area contributed by atoms with Gasteiger partial charge in [0.1, 0.15) is 4.21 Å². The monoisotopic (exact) mass is 338 g/mol. The maximum Gasteiger partial charge on any atom is 0.250 e. The Morgan fingerprint density at radius 2 is 2.06 bits per heavy atom. The predicted octanol–water partition coefficient (Wildman–Crippen LogP) is 2.06. The molecule has 0 bridgehead atoms. The minimum Gasteiger partial charge on any atom is -0.329 e. The first-order chi connectivity index (χ1) is 7.97. The van der Waals surface area contributed by atoms with Gasteiger partial charge in [-0.1, -0.05) is 12.8 Å². The minimum atomic E-state index is -3.43. The number of hydrogen-bond donors (Lipinski definition) is 2. The molecule has 1 heterocycles. The highest BCUT2D eigenvalue weighted by atomic mass is 79.9. The van der Waals surface area contributed by atoms with Gasteiger partial charge < -0.3 is 5.73 Å². The first-order valence-electron chi connectivity index (χ1n) is 5.47. The summed E-state index contributed by atoms with van der Waals surface area (Å²) < 4.78 is 28.3. The molecule has 0 amide bonds. The molecule has 0 aliphatic heterocycles. The molecular formula is C10H15BrN2O2S2. The Labute approximate surface area is 114 Å². The van der Waals surface area contributed by atoms with Crippen LogP contribution in [-0.2, 0) is 10.0 Å². The largest absolute Gasteiger partial charge is 0.329 e. The number of hydrogen-bond acceptors (Lipinski definition) is 4. The molecule has 3 N–H and O–H groups in total. The minimum absolute atomic E-state index is 0.337. The van der Waals surface area contributed by atoms with E-state index >= 15 is 0 Å². The van der Waals surface area contributed by atoms with Gasteiger partial charge in [0.2, 0.25) is 0 Å². The summed E-state index contributed by atoms with van der Waals surface area (Å²) in [5.41, 5.74) is 5.29. The first-order valence-corrected chi connectivity index (χ1v) is 8.56. The standard InChI is InChI=1S/C10H15BrN2O2S2/c11-8-3-4-9(16-8)17(14,15)13-10(7-12)5-1-2-6-10/h3-4,13H,1-2,5-7,12H2. The third-order valence-electron chi connectivity index (χ3n) is 3.12. The zero-order valence-corrected chi connectivity index (χ0v) is 12.5. The van der Waals surface area contributed by atoms with Gasteiger partial charge in [-0.2, -0.15) is 0 Å². The van der Waals surface area contributed by atoms with Gasteiger partial charge in [0.25, 0.3) is 10.0 Å². The molecule has 1 aliphatic rings. The number of nitrogens with two attached hydrogens (primary N) is 1.